The first-order valence-electron chi connectivity index (χ1n) is 7.14. The van der Waals surface area contributed by atoms with Gasteiger partial charge < -0.3 is 5.32 Å². The highest BCUT2D eigenvalue weighted by molar-refractivity contribution is 7.11. The maximum atomic E-state index is 4.42. The molecule has 1 aliphatic rings. The second kappa shape index (κ2) is 6.11. The summed E-state index contributed by atoms with van der Waals surface area (Å²) >= 11 is 1.83. The Morgan fingerprint density at radius 1 is 1.28 bits per heavy atom. The summed E-state index contributed by atoms with van der Waals surface area (Å²) in [5.41, 5.74) is 0.321. The molecule has 102 valence electrons. The van der Waals surface area contributed by atoms with Crippen molar-refractivity contribution < 1.29 is 0 Å². The molecule has 4 heteroatoms. The Bertz CT molecular complexity index is 367. The molecule has 0 aromatic carbocycles. The molecule has 2 rings (SSSR count). The van der Waals surface area contributed by atoms with Gasteiger partial charge in [0.15, 0.2) is 0 Å². The lowest BCUT2D eigenvalue weighted by molar-refractivity contribution is 0.483. The third-order valence-electron chi connectivity index (χ3n) is 3.76. The van der Waals surface area contributed by atoms with Crippen molar-refractivity contribution >= 4 is 11.3 Å². The Hall–Kier alpha value is -0.480. The van der Waals surface area contributed by atoms with Gasteiger partial charge in [-0.2, -0.15) is 0 Å². The van der Waals surface area contributed by atoms with Crippen molar-refractivity contribution in [2.24, 2.45) is 5.92 Å². The summed E-state index contributed by atoms with van der Waals surface area (Å²) in [7, 11) is 0. The third-order valence-corrected chi connectivity index (χ3v) is 5.05. The van der Waals surface area contributed by atoms with Gasteiger partial charge >= 0.3 is 0 Å². The van der Waals surface area contributed by atoms with E-state index in [4.69, 9.17) is 0 Å². The number of nitrogens with zero attached hydrogens (tertiary/aromatic N) is 2. The maximum absolute atomic E-state index is 4.42. The minimum absolute atomic E-state index is 0.321. The fourth-order valence-corrected chi connectivity index (χ4v) is 3.59. The van der Waals surface area contributed by atoms with Gasteiger partial charge in [0.1, 0.15) is 10.0 Å². The van der Waals surface area contributed by atoms with E-state index in [2.05, 4.69) is 36.3 Å². The molecule has 1 N–H and O–H groups in total. The van der Waals surface area contributed by atoms with E-state index >= 15 is 0 Å². The van der Waals surface area contributed by atoms with Gasteiger partial charge in [0.2, 0.25) is 0 Å². The highest BCUT2D eigenvalue weighted by atomic mass is 32.1. The first-order chi connectivity index (χ1) is 8.60. The van der Waals surface area contributed by atoms with Crippen LogP contribution in [0.5, 0.6) is 0 Å². The van der Waals surface area contributed by atoms with Gasteiger partial charge in [-0.3, -0.25) is 0 Å². The fourth-order valence-electron chi connectivity index (χ4n) is 2.55. The molecule has 18 heavy (non-hydrogen) atoms. The molecular formula is C14H25N3S. The molecule has 1 heterocycles. The smallest absolute Gasteiger partial charge is 0.123 e. The topological polar surface area (TPSA) is 37.8 Å². The summed E-state index contributed by atoms with van der Waals surface area (Å²) in [6.45, 7) is 8.92. The summed E-state index contributed by atoms with van der Waals surface area (Å²) in [4.78, 5) is 0. The molecule has 1 aromatic heterocycles. The van der Waals surface area contributed by atoms with Crippen molar-refractivity contribution in [3.05, 3.63) is 10.0 Å². The zero-order valence-corrected chi connectivity index (χ0v) is 12.6. The molecule has 0 spiro atoms. The van der Waals surface area contributed by atoms with Crippen molar-refractivity contribution in [1.29, 1.82) is 0 Å². The van der Waals surface area contributed by atoms with Gasteiger partial charge in [0.25, 0.3) is 0 Å². The highest BCUT2D eigenvalue weighted by Crippen LogP contribution is 2.41. The van der Waals surface area contributed by atoms with Crippen LogP contribution < -0.4 is 5.32 Å². The van der Waals surface area contributed by atoms with E-state index in [1.165, 1.54) is 35.7 Å². The number of hydrogen-bond acceptors (Lipinski definition) is 4. The fraction of sp³-hybridized carbons (Fsp3) is 0.857. The Morgan fingerprint density at radius 3 is 2.67 bits per heavy atom. The Kier molecular flexibility index (Phi) is 4.73. The number of nitrogens with one attached hydrogen (secondary N) is 1. The van der Waals surface area contributed by atoms with Crippen molar-refractivity contribution in [2.75, 3.05) is 13.1 Å². The van der Waals surface area contributed by atoms with Gasteiger partial charge in [-0.25, -0.2) is 0 Å². The standard InChI is InChI=1S/C14H25N3S/c1-11(2)10-15-9-6-12-16-17-13(18-12)14(3)7-4-5-8-14/h11,15H,4-10H2,1-3H3. The lowest BCUT2D eigenvalue weighted by Crippen LogP contribution is -2.22. The monoisotopic (exact) mass is 267 g/mol. The molecule has 0 unspecified atom stereocenters. The second-order valence-corrected chi connectivity index (χ2v) is 7.18. The van der Waals surface area contributed by atoms with Gasteiger partial charge in [0.05, 0.1) is 0 Å². The lowest BCUT2D eigenvalue weighted by Gasteiger charge is -2.18. The van der Waals surface area contributed by atoms with Crippen LogP contribution in [0.25, 0.3) is 0 Å². The van der Waals surface area contributed by atoms with E-state index in [-0.39, 0.29) is 0 Å². The normalized spacial score (nSPS) is 18.7. The molecule has 0 bridgehead atoms. The molecular weight excluding hydrogens is 242 g/mol. The van der Waals surface area contributed by atoms with Crippen molar-refractivity contribution in [3.63, 3.8) is 0 Å². The van der Waals surface area contributed by atoms with Crippen molar-refractivity contribution in [2.45, 2.75) is 58.3 Å². The largest absolute Gasteiger partial charge is 0.316 e. The van der Waals surface area contributed by atoms with E-state index < -0.39 is 0 Å². The van der Waals surface area contributed by atoms with Gasteiger partial charge in [0, 0.05) is 18.4 Å². The van der Waals surface area contributed by atoms with Crippen LogP contribution in [-0.2, 0) is 11.8 Å². The summed E-state index contributed by atoms with van der Waals surface area (Å²) in [6, 6.07) is 0. The first kappa shape index (κ1) is 13.9. The lowest BCUT2D eigenvalue weighted by atomic mass is 9.90. The van der Waals surface area contributed by atoms with Crippen LogP contribution in [0.1, 0.15) is 56.5 Å². The molecule has 0 amide bonds. The molecule has 1 aliphatic carbocycles. The summed E-state index contributed by atoms with van der Waals surface area (Å²) in [6.07, 6.45) is 6.28. The summed E-state index contributed by atoms with van der Waals surface area (Å²) in [5.74, 6) is 0.715. The van der Waals surface area contributed by atoms with E-state index in [0.29, 0.717) is 11.3 Å². The predicted octanol–water partition coefficient (Wildman–Crippen LogP) is 3.16. The maximum Gasteiger partial charge on any atom is 0.123 e. The average molecular weight is 267 g/mol. The number of rotatable bonds is 6. The second-order valence-electron chi connectivity index (χ2n) is 6.12. The molecule has 0 radical (unpaired) electrons. The van der Waals surface area contributed by atoms with Crippen LogP contribution in [0.15, 0.2) is 0 Å². The molecule has 0 saturated heterocycles. The van der Waals surface area contributed by atoms with Gasteiger partial charge in [-0.05, 0) is 25.3 Å². The average Bonchev–Trinajstić information content (AvgIpc) is 2.94. The third kappa shape index (κ3) is 3.51. The molecule has 0 aliphatic heterocycles. The van der Waals surface area contributed by atoms with E-state index in [0.717, 1.165) is 19.5 Å². The van der Waals surface area contributed by atoms with E-state index in [9.17, 15) is 0 Å². The van der Waals surface area contributed by atoms with Gasteiger partial charge in [-0.15, -0.1) is 21.5 Å². The predicted molar refractivity (Wildman–Crippen MR) is 77.1 cm³/mol. The van der Waals surface area contributed by atoms with Crippen molar-refractivity contribution in [1.82, 2.24) is 15.5 Å². The van der Waals surface area contributed by atoms with E-state index in [1.807, 2.05) is 11.3 Å². The summed E-state index contributed by atoms with van der Waals surface area (Å²) in [5, 5.41) is 14.7. The SMILES string of the molecule is CC(C)CNCCc1nnc(C2(C)CCCC2)s1. The van der Waals surface area contributed by atoms with Gasteiger partial charge in [-0.1, -0.05) is 33.6 Å². The molecule has 1 fully saturated rings. The minimum Gasteiger partial charge on any atom is -0.316 e. The zero-order chi connectivity index (χ0) is 13.0. The number of aromatic nitrogens is 2. The zero-order valence-electron chi connectivity index (χ0n) is 11.8. The van der Waals surface area contributed by atoms with Crippen LogP contribution in [-0.4, -0.2) is 23.3 Å². The number of hydrogen-bond donors (Lipinski definition) is 1. The minimum atomic E-state index is 0.321. The van der Waals surface area contributed by atoms with Crippen molar-refractivity contribution in [3.8, 4) is 0 Å². The van der Waals surface area contributed by atoms with Crippen LogP contribution in [0.3, 0.4) is 0 Å². The quantitative estimate of drug-likeness (QED) is 0.805. The molecule has 1 saturated carbocycles. The highest BCUT2D eigenvalue weighted by Gasteiger charge is 2.33. The first-order valence-corrected chi connectivity index (χ1v) is 7.95. The Balaban J connectivity index is 1.83. The summed E-state index contributed by atoms with van der Waals surface area (Å²) < 4.78 is 0. The Labute approximate surface area is 114 Å². The van der Waals surface area contributed by atoms with Crippen LogP contribution in [0, 0.1) is 5.92 Å². The molecule has 0 atom stereocenters. The molecule has 1 aromatic rings. The van der Waals surface area contributed by atoms with Crippen LogP contribution in [0.2, 0.25) is 0 Å². The van der Waals surface area contributed by atoms with Crippen LogP contribution >= 0.6 is 11.3 Å². The van der Waals surface area contributed by atoms with E-state index in [1.54, 1.807) is 0 Å². The Morgan fingerprint density at radius 2 is 2.00 bits per heavy atom. The van der Waals surface area contributed by atoms with Crippen LogP contribution in [0.4, 0.5) is 0 Å². The molecule has 3 nitrogen and oxygen atoms in total.